The molecule has 1 amide bonds. The van der Waals surface area contributed by atoms with Crippen molar-refractivity contribution in [2.24, 2.45) is 17.3 Å². The predicted molar refractivity (Wildman–Crippen MR) is 100.0 cm³/mol. The topological polar surface area (TPSA) is 79.2 Å². The smallest absolute Gasteiger partial charge is 0.410 e. The fourth-order valence-electron chi connectivity index (χ4n) is 6.72. The normalized spacial score (nSPS) is 47.0. The number of rotatable bonds is 0. The summed E-state index contributed by atoms with van der Waals surface area (Å²) < 4.78 is 11.7. The molecule has 0 aromatic carbocycles. The third-order valence-electron chi connectivity index (χ3n) is 7.48. The van der Waals surface area contributed by atoms with Gasteiger partial charge in [-0.3, -0.25) is 0 Å². The van der Waals surface area contributed by atoms with Crippen LogP contribution in [0.5, 0.6) is 0 Å². The van der Waals surface area contributed by atoms with Crippen molar-refractivity contribution in [3.05, 3.63) is 0 Å². The SMILES string of the molecule is C[C@@H]1C[C@H]2C[C@H]3O[C@@](O)(C1)[C@@]21CCCN(C(=O)OC(C)(C)C)CCC[C@@]31O. The molecule has 0 aromatic rings. The Morgan fingerprint density at radius 1 is 1.15 bits per heavy atom. The maximum atomic E-state index is 12.5. The fourth-order valence-corrected chi connectivity index (χ4v) is 6.72. The first-order valence-electron chi connectivity index (χ1n) is 10.6. The molecule has 0 unspecified atom stereocenters. The van der Waals surface area contributed by atoms with Gasteiger partial charge in [0.05, 0.1) is 11.5 Å². The number of aliphatic hydroxyl groups is 2. The summed E-state index contributed by atoms with van der Waals surface area (Å²) >= 11 is 0. The highest BCUT2D eigenvalue weighted by Gasteiger charge is 2.80. The summed E-state index contributed by atoms with van der Waals surface area (Å²) in [5, 5.41) is 23.3. The van der Waals surface area contributed by atoms with Crippen LogP contribution < -0.4 is 0 Å². The van der Waals surface area contributed by atoms with Crippen LogP contribution in [0.25, 0.3) is 0 Å². The molecule has 27 heavy (non-hydrogen) atoms. The van der Waals surface area contributed by atoms with E-state index >= 15 is 0 Å². The number of carbonyl (C=O) groups excluding carboxylic acids is 1. The Bertz CT molecular complexity index is 618. The van der Waals surface area contributed by atoms with Crippen molar-refractivity contribution in [1.82, 2.24) is 4.90 Å². The lowest BCUT2D eigenvalue weighted by Gasteiger charge is -2.54. The van der Waals surface area contributed by atoms with Crippen molar-refractivity contribution in [1.29, 1.82) is 0 Å². The lowest BCUT2D eigenvalue weighted by molar-refractivity contribution is -0.307. The molecule has 2 aliphatic carbocycles. The Hall–Kier alpha value is -0.850. The van der Waals surface area contributed by atoms with Gasteiger partial charge in [-0.15, -0.1) is 0 Å². The molecule has 4 rings (SSSR count). The summed E-state index contributed by atoms with van der Waals surface area (Å²) in [4.78, 5) is 14.3. The third-order valence-corrected chi connectivity index (χ3v) is 7.48. The van der Waals surface area contributed by atoms with Crippen LogP contribution in [0.4, 0.5) is 4.79 Å². The van der Waals surface area contributed by atoms with Crippen molar-refractivity contribution in [2.45, 2.75) is 95.7 Å². The summed E-state index contributed by atoms with van der Waals surface area (Å²) in [5.41, 5.74) is -2.10. The number of ether oxygens (including phenoxy) is 2. The van der Waals surface area contributed by atoms with Crippen molar-refractivity contribution in [3.8, 4) is 0 Å². The van der Waals surface area contributed by atoms with Crippen molar-refractivity contribution in [3.63, 3.8) is 0 Å². The summed E-state index contributed by atoms with van der Waals surface area (Å²) in [6.45, 7) is 8.96. The van der Waals surface area contributed by atoms with Crippen molar-refractivity contribution in [2.75, 3.05) is 13.1 Å². The predicted octanol–water partition coefficient (Wildman–Crippen LogP) is 3.05. The first kappa shape index (κ1) is 19.5. The van der Waals surface area contributed by atoms with Gasteiger partial charge in [-0.05, 0) is 71.1 Å². The van der Waals surface area contributed by atoms with E-state index in [1.54, 1.807) is 4.90 Å². The highest BCUT2D eigenvalue weighted by Crippen LogP contribution is 2.72. The van der Waals surface area contributed by atoms with Crippen LogP contribution in [-0.2, 0) is 9.47 Å². The molecular weight excluding hydrogens is 346 g/mol. The Morgan fingerprint density at radius 2 is 1.81 bits per heavy atom. The average molecular weight is 382 g/mol. The largest absolute Gasteiger partial charge is 0.444 e. The molecule has 4 fully saturated rings. The molecule has 6 nitrogen and oxygen atoms in total. The zero-order chi connectivity index (χ0) is 19.7. The highest BCUT2D eigenvalue weighted by molar-refractivity contribution is 5.68. The minimum Gasteiger partial charge on any atom is -0.444 e. The molecule has 0 aromatic heterocycles. The summed E-state index contributed by atoms with van der Waals surface area (Å²) in [6.07, 6.45) is 4.59. The number of hydrogen-bond donors (Lipinski definition) is 2. The van der Waals surface area contributed by atoms with Crippen LogP contribution in [0, 0.1) is 17.3 Å². The number of hydrogen-bond acceptors (Lipinski definition) is 5. The Morgan fingerprint density at radius 3 is 2.44 bits per heavy atom. The van der Waals surface area contributed by atoms with E-state index in [0.717, 1.165) is 19.3 Å². The van der Waals surface area contributed by atoms with Gasteiger partial charge in [0.2, 0.25) is 0 Å². The van der Waals surface area contributed by atoms with E-state index in [0.29, 0.717) is 50.6 Å². The second-order valence-electron chi connectivity index (χ2n) is 10.4. The first-order chi connectivity index (χ1) is 12.5. The van der Waals surface area contributed by atoms with E-state index in [4.69, 9.17) is 9.47 Å². The molecule has 2 aliphatic heterocycles. The standard InChI is InChI=1S/C21H35NO5/c1-14-11-15-12-16-20(24)8-6-10-22(17(23)27-18(2,3)4)9-5-7-19(15,20)21(25,13-14)26-16/h14-16,24-25H,5-13H2,1-4H3/t14-,15+,16-,19+,20-,21+/m1/s1. The van der Waals surface area contributed by atoms with Gasteiger partial charge < -0.3 is 24.6 Å². The molecule has 2 saturated carbocycles. The Balaban J connectivity index is 1.58. The van der Waals surface area contributed by atoms with Crippen LogP contribution in [0.3, 0.4) is 0 Å². The van der Waals surface area contributed by atoms with Crippen molar-refractivity contribution < 1.29 is 24.5 Å². The van der Waals surface area contributed by atoms with Crippen LogP contribution in [-0.4, -0.2) is 57.4 Å². The molecule has 2 heterocycles. The van der Waals surface area contributed by atoms with Gasteiger partial charge in [0, 0.05) is 19.5 Å². The van der Waals surface area contributed by atoms with Gasteiger partial charge in [-0.1, -0.05) is 6.92 Å². The zero-order valence-corrected chi connectivity index (χ0v) is 17.2. The number of amides is 1. The van der Waals surface area contributed by atoms with Crippen LogP contribution in [0.2, 0.25) is 0 Å². The molecule has 2 saturated heterocycles. The maximum absolute atomic E-state index is 12.5. The summed E-state index contributed by atoms with van der Waals surface area (Å²) in [6, 6.07) is 0. The van der Waals surface area contributed by atoms with Crippen LogP contribution in [0.1, 0.15) is 72.6 Å². The minimum atomic E-state index is -1.23. The maximum Gasteiger partial charge on any atom is 0.410 e. The second-order valence-corrected chi connectivity index (χ2v) is 10.4. The zero-order valence-electron chi connectivity index (χ0n) is 17.2. The van der Waals surface area contributed by atoms with Gasteiger partial charge in [-0.2, -0.15) is 0 Å². The van der Waals surface area contributed by atoms with E-state index in [9.17, 15) is 15.0 Å². The van der Waals surface area contributed by atoms with Gasteiger partial charge in [-0.25, -0.2) is 4.79 Å². The van der Waals surface area contributed by atoms with E-state index in [-0.39, 0.29) is 12.2 Å². The quantitative estimate of drug-likeness (QED) is 0.674. The molecule has 6 heteroatoms. The van der Waals surface area contributed by atoms with Crippen LogP contribution in [0.15, 0.2) is 0 Å². The van der Waals surface area contributed by atoms with E-state index in [2.05, 4.69) is 6.92 Å². The van der Waals surface area contributed by atoms with E-state index in [1.807, 2.05) is 20.8 Å². The molecule has 2 N–H and O–H groups in total. The number of carbonyl (C=O) groups is 1. The molecule has 2 bridgehead atoms. The second kappa shape index (κ2) is 6.07. The fraction of sp³-hybridized carbons (Fsp3) is 0.952. The summed E-state index contributed by atoms with van der Waals surface area (Å²) in [7, 11) is 0. The highest BCUT2D eigenvalue weighted by atomic mass is 16.7. The van der Waals surface area contributed by atoms with Gasteiger partial charge in [0.25, 0.3) is 0 Å². The molecule has 1 spiro atoms. The molecule has 0 radical (unpaired) electrons. The third kappa shape index (κ3) is 2.74. The number of nitrogens with zero attached hydrogens (tertiary/aromatic N) is 1. The lowest BCUT2D eigenvalue weighted by Crippen LogP contribution is -2.61. The monoisotopic (exact) mass is 381 g/mol. The summed E-state index contributed by atoms with van der Waals surface area (Å²) in [5.74, 6) is -0.531. The van der Waals surface area contributed by atoms with Gasteiger partial charge in [0.15, 0.2) is 5.79 Å². The minimum absolute atomic E-state index is 0.284. The Kier molecular flexibility index (Phi) is 4.38. The van der Waals surface area contributed by atoms with E-state index < -0.39 is 22.4 Å². The van der Waals surface area contributed by atoms with Crippen molar-refractivity contribution >= 4 is 6.09 Å². The first-order valence-corrected chi connectivity index (χ1v) is 10.6. The molecular formula is C21H35NO5. The van der Waals surface area contributed by atoms with Gasteiger partial charge in [0.1, 0.15) is 11.2 Å². The molecule has 154 valence electrons. The van der Waals surface area contributed by atoms with E-state index in [1.165, 1.54) is 0 Å². The molecule has 4 aliphatic rings. The lowest BCUT2D eigenvalue weighted by atomic mass is 9.55. The van der Waals surface area contributed by atoms with Gasteiger partial charge >= 0.3 is 6.09 Å². The average Bonchev–Trinajstić information content (AvgIpc) is 2.86. The van der Waals surface area contributed by atoms with Crippen LogP contribution >= 0.6 is 0 Å². The molecule has 6 atom stereocenters. The Labute approximate surface area is 162 Å².